The van der Waals surface area contributed by atoms with E-state index in [-0.39, 0.29) is 5.97 Å². The monoisotopic (exact) mass is 334 g/mol. The Bertz CT molecular complexity index is 350. The Kier molecular flexibility index (Phi) is 5.32. The summed E-state index contributed by atoms with van der Waals surface area (Å²) < 4.78 is 4.97. The molecule has 0 bridgehead atoms. The normalized spacial score (nSPS) is 10.1. The Morgan fingerprint density at radius 1 is 1.33 bits per heavy atom. The summed E-state index contributed by atoms with van der Waals surface area (Å²) in [5.74, 6) is -0.256. The lowest BCUT2D eigenvalue weighted by atomic mass is 10.1. The van der Waals surface area contributed by atoms with Gasteiger partial charge in [-0.15, -0.1) is 0 Å². The Labute approximate surface area is 106 Å². The number of esters is 1. The highest BCUT2D eigenvalue weighted by atomic mass is 79.9. The van der Waals surface area contributed by atoms with Gasteiger partial charge in [0.05, 0.1) is 12.2 Å². The van der Waals surface area contributed by atoms with Crippen LogP contribution in [0.2, 0.25) is 0 Å². The van der Waals surface area contributed by atoms with Gasteiger partial charge in [0.1, 0.15) is 0 Å². The van der Waals surface area contributed by atoms with Crippen molar-refractivity contribution in [2.75, 3.05) is 6.61 Å². The van der Waals surface area contributed by atoms with Crippen LogP contribution in [0.3, 0.4) is 0 Å². The average molecular weight is 336 g/mol. The third-order valence-electron chi connectivity index (χ3n) is 1.96. The summed E-state index contributed by atoms with van der Waals surface area (Å²) in [5.41, 5.74) is 2.75. The first-order valence-electron chi connectivity index (χ1n) is 4.63. The second-order valence-corrected chi connectivity index (χ2v) is 4.10. The van der Waals surface area contributed by atoms with Crippen LogP contribution < -0.4 is 0 Å². The third-order valence-corrected chi connectivity index (χ3v) is 3.21. The van der Waals surface area contributed by atoms with Gasteiger partial charge in [0.2, 0.25) is 0 Å². The zero-order valence-electron chi connectivity index (χ0n) is 8.43. The molecule has 0 saturated heterocycles. The molecular formula is C11H12Br2O2. The summed E-state index contributed by atoms with van der Waals surface area (Å²) in [6.07, 6.45) is 0. The van der Waals surface area contributed by atoms with E-state index in [1.54, 1.807) is 6.92 Å². The van der Waals surface area contributed by atoms with Gasteiger partial charge < -0.3 is 4.74 Å². The minimum absolute atomic E-state index is 0.256. The molecule has 15 heavy (non-hydrogen) atoms. The van der Waals surface area contributed by atoms with E-state index >= 15 is 0 Å². The van der Waals surface area contributed by atoms with Crippen LogP contribution >= 0.6 is 31.9 Å². The summed E-state index contributed by atoms with van der Waals surface area (Å²) in [7, 11) is 0. The molecule has 4 heteroatoms. The van der Waals surface area contributed by atoms with E-state index in [0.717, 1.165) is 16.5 Å². The van der Waals surface area contributed by atoms with Crippen molar-refractivity contribution in [3.63, 3.8) is 0 Å². The molecule has 0 aromatic heterocycles. The van der Waals surface area contributed by atoms with Gasteiger partial charge in [-0.3, -0.25) is 0 Å². The molecule has 0 unspecified atom stereocenters. The Morgan fingerprint density at radius 3 is 2.60 bits per heavy atom. The number of benzene rings is 1. The van der Waals surface area contributed by atoms with Gasteiger partial charge >= 0.3 is 5.97 Å². The van der Waals surface area contributed by atoms with Gasteiger partial charge in [-0.1, -0.05) is 44.0 Å². The predicted octanol–water partition coefficient (Wildman–Crippen LogP) is 3.65. The molecule has 1 rings (SSSR count). The first-order chi connectivity index (χ1) is 7.22. The first kappa shape index (κ1) is 12.7. The zero-order chi connectivity index (χ0) is 11.3. The molecule has 0 fully saturated rings. The molecule has 0 N–H and O–H groups in total. The topological polar surface area (TPSA) is 26.3 Å². The maximum atomic E-state index is 11.6. The van der Waals surface area contributed by atoms with Crippen molar-refractivity contribution >= 4 is 37.8 Å². The maximum Gasteiger partial charge on any atom is 0.338 e. The van der Waals surface area contributed by atoms with Crippen LogP contribution in [0, 0.1) is 0 Å². The van der Waals surface area contributed by atoms with E-state index in [1.165, 1.54) is 0 Å². The van der Waals surface area contributed by atoms with Crippen LogP contribution in [-0.2, 0) is 15.4 Å². The number of ether oxygens (including phenoxy) is 1. The lowest BCUT2D eigenvalue weighted by Gasteiger charge is -2.07. The molecule has 82 valence electrons. The van der Waals surface area contributed by atoms with E-state index in [0.29, 0.717) is 17.5 Å². The molecule has 1 aromatic rings. The van der Waals surface area contributed by atoms with Crippen LogP contribution in [0.5, 0.6) is 0 Å². The van der Waals surface area contributed by atoms with Crippen molar-refractivity contribution in [3.8, 4) is 0 Å². The molecule has 0 amide bonds. The van der Waals surface area contributed by atoms with Gasteiger partial charge in [0.25, 0.3) is 0 Å². The van der Waals surface area contributed by atoms with E-state index in [9.17, 15) is 4.79 Å². The number of carbonyl (C=O) groups is 1. The summed E-state index contributed by atoms with van der Waals surface area (Å²) in [6, 6.07) is 5.73. The second kappa shape index (κ2) is 6.28. The number of hydrogen-bond acceptors (Lipinski definition) is 2. The molecule has 0 aliphatic heterocycles. The fourth-order valence-electron chi connectivity index (χ4n) is 1.25. The van der Waals surface area contributed by atoms with E-state index < -0.39 is 0 Å². The van der Waals surface area contributed by atoms with Crippen LogP contribution in [-0.4, -0.2) is 12.6 Å². The SMILES string of the molecule is CCOC(=O)c1ccc(CBr)cc1CBr. The van der Waals surface area contributed by atoms with Crippen molar-refractivity contribution in [2.45, 2.75) is 17.6 Å². The van der Waals surface area contributed by atoms with Crippen molar-refractivity contribution in [3.05, 3.63) is 34.9 Å². The largest absolute Gasteiger partial charge is 0.462 e. The minimum Gasteiger partial charge on any atom is -0.462 e. The Morgan fingerprint density at radius 2 is 2.07 bits per heavy atom. The molecule has 0 aliphatic rings. The molecule has 0 atom stereocenters. The fraction of sp³-hybridized carbons (Fsp3) is 0.364. The summed E-state index contributed by atoms with van der Waals surface area (Å²) in [6.45, 7) is 2.21. The predicted molar refractivity (Wildman–Crippen MR) is 67.7 cm³/mol. The molecule has 0 heterocycles. The van der Waals surface area contributed by atoms with Crippen LogP contribution in [0.15, 0.2) is 18.2 Å². The average Bonchev–Trinajstić information content (AvgIpc) is 2.28. The van der Waals surface area contributed by atoms with Crippen LogP contribution in [0.1, 0.15) is 28.4 Å². The zero-order valence-corrected chi connectivity index (χ0v) is 11.6. The number of hydrogen-bond donors (Lipinski definition) is 0. The number of rotatable bonds is 4. The quantitative estimate of drug-likeness (QED) is 0.620. The molecule has 1 aromatic carbocycles. The van der Waals surface area contributed by atoms with Gasteiger partial charge in [-0.25, -0.2) is 4.79 Å². The van der Waals surface area contributed by atoms with E-state index in [4.69, 9.17) is 4.74 Å². The van der Waals surface area contributed by atoms with Gasteiger partial charge in [0.15, 0.2) is 0 Å². The smallest absolute Gasteiger partial charge is 0.338 e. The maximum absolute atomic E-state index is 11.6. The van der Waals surface area contributed by atoms with Crippen LogP contribution in [0.4, 0.5) is 0 Å². The van der Waals surface area contributed by atoms with Crippen molar-refractivity contribution in [1.82, 2.24) is 0 Å². The molecule has 0 radical (unpaired) electrons. The Balaban J connectivity index is 3.02. The van der Waals surface area contributed by atoms with Crippen molar-refractivity contribution < 1.29 is 9.53 Å². The lowest BCUT2D eigenvalue weighted by molar-refractivity contribution is 0.0525. The minimum atomic E-state index is -0.256. The van der Waals surface area contributed by atoms with Crippen LogP contribution in [0.25, 0.3) is 0 Å². The number of halogens is 2. The standard InChI is InChI=1S/C11H12Br2O2/c1-2-15-11(14)10-4-3-8(6-12)5-9(10)7-13/h3-5H,2,6-7H2,1H3. The van der Waals surface area contributed by atoms with E-state index in [1.807, 2.05) is 18.2 Å². The van der Waals surface area contributed by atoms with E-state index in [2.05, 4.69) is 31.9 Å². The summed E-state index contributed by atoms with van der Waals surface area (Å²) in [5, 5.41) is 1.44. The molecule has 0 spiro atoms. The summed E-state index contributed by atoms with van der Waals surface area (Å²) in [4.78, 5) is 11.6. The molecule has 0 saturated carbocycles. The summed E-state index contributed by atoms with van der Waals surface area (Å²) >= 11 is 6.75. The molecular weight excluding hydrogens is 324 g/mol. The fourth-order valence-corrected chi connectivity index (χ4v) is 2.06. The third kappa shape index (κ3) is 3.31. The Hall–Kier alpha value is -0.350. The second-order valence-electron chi connectivity index (χ2n) is 2.98. The van der Waals surface area contributed by atoms with Gasteiger partial charge in [-0.2, -0.15) is 0 Å². The highest BCUT2D eigenvalue weighted by Gasteiger charge is 2.11. The lowest BCUT2D eigenvalue weighted by Crippen LogP contribution is -2.07. The number of alkyl halides is 2. The molecule has 0 aliphatic carbocycles. The van der Waals surface area contributed by atoms with Gasteiger partial charge in [-0.05, 0) is 24.1 Å². The highest BCUT2D eigenvalue weighted by molar-refractivity contribution is 9.08. The van der Waals surface area contributed by atoms with Gasteiger partial charge in [0, 0.05) is 10.7 Å². The first-order valence-corrected chi connectivity index (χ1v) is 6.88. The van der Waals surface area contributed by atoms with Crippen molar-refractivity contribution in [1.29, 1.82) is 0 Å². The molecule has 2 nitrogen and oxygen atoms in total. The van der Waals surface area contributed by atoms with Crippen molar-refractivity contribution in [2.24, 2.45) is 0 Å². The number of carbonyl (C=O) groups excluding carboxylic acids is 1. The highest BCUT2D eigenvalue weighted by Crippen LogP contribution is 2.18.